The molecule has 1 saturated heterocycles. The second kappa shape index (κ2) is 4.70. The maximum Gasteiger partial charge on any atom is 0.154 e. The van der Waals surface area contributed by atoms with Crippen molar-refractivity contribution >= 4 is 0 Å². The highest BCUT2D eigenvalue weighted by Gasteiger charge is 2.21. The number of nitrogens with zero attached hydrogens (tertiary/aromatic N) is 4. The Morgan fingerprint density at radius 3 is 2.80 bits per heavy atom. The maximum absolute atomic E-state index is 4.17. The molecule has 5 heteroatoms. The van der Waals surface area contributed by atoms with Gasteiger partial charge in [0.05, 0.1) is 0 Å². The minimum absolute atomic E-state index is 0.542. The average molecular weight is 209 g/mol. The van der Waals surface area contributed by atoms with Crippen molar-refractivity contribution < 1.29 is 0 Å². The molecule has 84 valence electrons. The molecule has 5 nitrogen and oxygen atoms in total. The highest BCUT2D eigenvalue weighted by Crippen LogP contribution is 2.22. The Labute approximate surface area is 90.2 Å². The molecular formula is C10H19N5. The monoisotopic (exact) mass is 209 g/mol. The molecule has 1 aromatic rings. The van der Waals surface area contributed by atoms with Gasteiger partial charge in [-0.25, -0.2) is 4.68 Å². The zero-order valence-electron chi connectivity index (χ0n) is 9.48. The smallest absolute Gasteiger partial charge is 0.154 e. The van der Waals surface area contributed by atoms with Gasteiger partial charge in [-0.3, -0.25) is 0 Å². The number of hydrogen-bond donors (Lipinski definition) is 1. The number of piperidine rings is 1. The van der Waals surface area contributed by atoms with Crippen LogP contribution in [-0.2, 0) is 6.54 Å². The van der Waals surface area contributed by atoms with E-state index in [-0.39, 0.29) is 0 Å². The lowest BCUT2D eigenvalue weighted by Gasteiger charge is -2.21. The summed E-state index contributed by atoms with van der Waals surface area (Å²) in [6.45, 7) is 7.46. The second-order valence-electron chi connectivity index (χ2n) is 4.64. The van der Waals surface area contributed by atoms with E-state index in [1.165, 1.54) is 0 Å². The van der Waals surface area contributed by atoms with Gasteiger partial charge in [0.15, 0.2) is 5.82 Å². The van der Waals surface area contributed by atoms with E-state index in [4.69, 9.17) is 0 Å². The Hall–Kier alpha value is -0.970. The third kappa shape index (κ3) is 2.53. The highest BCUT2D eigenvalue weighted by molar-refractivity contribution is 4.96. The second-order valence-corrected chi connectivity index (χ2v) is 4.64. The van der Waals surface area contributed by atoms with E-state index >= 15 is 0 Å². The molecule has 0 spiro atoms. The summed E-state index contributed by atoms with van der Waals surface area (Å²) in [7, 11) is 0. The summed E-state index contributed by atoms with van der Waals surface area (Å²) in [4.78, 5) is 0. The van der Waals surface area contributed by atoms with Gasteiger partial charge in [0.1, 0.15) is 0 Å². The Kier molecular flexibility index (Phi) is 3.30. The fourth-order valence-corrected chi connectivity index (χ4v) is 2.06. The quantitative estimate of drug-likeness (QED) is 0.800. The molecule has 0 bridgehead atoms. The van der Waals surface area contributed by atoms with Crippen molar-refractivity contribution in [3.63, 3.8) is 0 Å². The molecule has 0 aliphatic carbocycles. The predicted molar refractivity (Wildman–Crippen MR) is 57.5 cm³/mol. The fraction of sp³-hybridized carbons (Fsp3) is 0.900. The first-order valence-electron chi connectivity index (χ1n) is 5.74. The molecule has 1 fully saturated rings. The Morgan fingerprint density at radius 1 is 1.40 bits per heavy atom. The number of rotatable bonds is 3. The number of nitrogens with one attached hydrogen (secondary N) is 1. The van der Waals surface area contributed by atoms with Gasteiger partial charge in [-0.1, -0.05) is 13.8 Å². The number of tetrazole rings is 1. The van der Waals surface area contributed by atoms with Gasteiger partial charge < -0.3 is 5.32 Å². The standard InChI is InChI=1S/C10H19N5/c1-8(2)7-15-10(12-13-14-15)9-3-5-11-6-4-9/h8-9,11H,3-7H2,1-2H3. The van der Waals surface area contributed by atoms with E-state index in [1.807, 2.05) is 4.68 Å². The summed E-state index contributed by atoms with van der Waals surface area (Å²) in [5, 5.41) is 15.4. The molecule has 1 N–H and O–H groups in total. The van der Waals surface area contributed by atoms with Crippen molar-refractivity contribution in [3.05, 3.63) is 5.82 Å². The predicted octanol–water partition coefficient (Wildman–Crippen LogP) is 0.796. The summed E-state index contributed by atoms with van der Waals surface area (Å²) in [5.74, 6) is 2.21. The van der Waals surface area contributed by atoms with Crippen LogP contribution in [0.15, 0.2) is 0 Å². The van der Waals surface area contributed by atoms with E-state index in [0.29, 0.717) is 11.8 Å². The van der Waals surface area contributed by atoms with Gasteiger partial charge in [0.2, 0.25) is 0 Å². The topological polar surface area (TPSA) is 55.6 Å². The van der Waals surface area contributed by atoms with Crippen molar-refractivity contribution in [2.24, 2.45) is 5.92 Å². The van der Waals surface area contributed by atoms with E-state index < -0.39 is 0 Å². The molecule has 0 aromatic carbocycles. The molecule has 0 unspecified atom stereocenters. The van der Waals surface area contributed by atoms with Crippen LogP contribution in [0.1, 0.15) is 38.4 Å². The summed E-state index contributed by atoms with van der Waals surface area (Å²) < 4.78 is 1.97. The lowest BCUT2D eigenvalue weighted by atomic mass is 9.97. The highest BCUT2D eigenvalue weighted by atomic mass is 15.5. The fourth-order valence-electron chi connectivity index (χ4n) is 2.06. The maximum atomic E-state index is 4.17. The first-order chi connectivity index (χ1) is 7.27. The van der Waals surface area contributed by atoms with Gasteiger partial charge in [0, 0.05) is 12.5 Å². The SMILES string of the molecule is CC(C)Cn1nnnc1C1CCNCC1. The molecule has 1 aliphatic rings. The normalized spacial score (nSPS) is 18.6. The van der Waals surface area contributed by atoms with Crippen LogP contribution in [0.4, 0.5) is 0 Å². The van der Waals surface area contributed by atoms with Crippen molar-refractivity contribution in [1.29, 1.82) is 0 Å². The molecule has 0 saturated carbocycles. The molecule has 2 heterocycles. The molecule has 15 heavy (non-hydrogen) atoms. The summed E-state index contributed by atoms with van der Waals surface area (Å²) in [5.41, 5.74) is 0. The summed E-state index contributed by atoms with van der Waals surface area (Å²) >= 11 is 0. The van der Waals surface area contributed by atoms with Crippen LogP contribution in [0.2, 0.25) is 0 Å². The lowest BCUT2D eigenvalue weighted by Crippen LogP contribution is -2.28. The Bertz CT molecular complexity index is 301. The first kappa shape index (κ1) is 10.5. The van der Waals surface area contributed by atoms with Crippen molar-refractivity contribution in [3.8, 4) is 0 Å². The van der Waals surface area contributed by atoms with Crippen molar-refractivity contribution in [2.75, 3.05) is 13.1 Å². The lowest BCUT2D eigenvalue weighted by molar-refractivity contribution is 0.398. The minimum Gasteiger partial charge on any atom is -0.317 e. The molecular weight excluding hydrogens is 190 g/mol. The third-order valence-electron chi connectivity index (χ3n) is 2.80. The molecule has 2 rings (SSSR count). The zero-order chi connectivity index (χ0) is 10.7. The third-order valence-corrected chi connectivity index (χ3v) is 2.80. The molecule has 0 radical (unpaired) electrons. The van der Waals surface area contributed by atoms with E-state index in [9.17, 15) is 0 Å². The van der Waals surface area contributed by atoms with E-state index in [0.717, 1.165) is 38.3 Å². The van der Waals surface area contributed by atoms with Crippen LogP contribution >= 0.6 is 0 Å². The molecule has 1 aliphatic heterocycles. The zero-order valence-corrected chi connectivity index (χ0v) is 9.48. The van der Waals surface area contributed by atoms with Crippen LogP contribution < -0.4 is 5.32 Å². The van der Waals surface area contributed by atoms with Gasteiger partial charge in [-0.2, -0.15) is 0 Å². The molecule has 0 amide bonds. The van der Waals surface area contributed by atoms with Gasteiger partial charge in [-0.15, -0.1) is 5.10 Å². The summed E-state index contributed by atoms with van der Waals surface area (Å²) in [6, 6.07) is 0. The van der Waals surface area contributed by atoms with Gasteiger partial charge in [-0.05, 0) is 42.3 Å². The number of hydrogen-bond acceptors (Lipinski definition) is 4. The summed E-state index contributed by atoms with van der Waals surface area (Å²) in [6.07, 6.45) is 2.30. The largest absolute Gasteiger partial charge is 0.317 e. The van der Waals surface area contributed by atoms with Crippen LogP contribution in [0.25, 0.3) is 0 Å². The van der Waals surface area contributed by atoms with Gasteiger partial charge in [0.25, 0.3) is 0 Å². The molecule has 1 aromatic heterocycles. The first-order valence-corrected chi connectivity index (χ1v) is 5.74. The van der Waals surface area contributed by atoms with E-state index in [1.54, 1.807) is 0 Å². The number of aromatic nitrogens is 4. The Morgan fingerprint density at radius 2 is 2.13 bits per heavy atom. The molecule has 0 atom stereocenters. The Balaban J connectivity index is 2.09. The van der Waals surface area contributed by atoms with Crippen LogP contribution in [-0.4, -0.2) is 33.3 Å². The average Bonchev–Trinajstić information content (AvgIpc) is 2.66. The van der Waals surface area contributed by atoms with Crippen LogP contribution in [0.3, 0.4) is 0 Å². The van der Waals surface area contributed by atoms with Crippen LogP contribution in [0.5, 0.6) is 0 Å². The van der Waals surface area contributed by atoms with E-state index in [2.05, 4.69) is 34.7 Å². The minimum atomic E-state index is 0.542. The van der Waals surface area contributed by atoms with Crippen LogP contribution in [0, 0.1) is 5.92 Å². The van der Waals surface area contributed by atoms with Gasteiger partial charge >= 0.3 is 0 Å². The van der Waals surface area contributed by atoms with Crippen molar-refractivity contribution in [2.45, 2.75) is 39.2 Å². The van der Waals surface area contributed by atoms with Crippen molar-refractivity contribution in [1.82, 2.24) is 25.5 Å².